The molecule has 112 valence electrons. The van der Waals surface area contributed by atoms with Gasteiger partial charge in [-0.2, -0.15) is 0 Å². The van der Waals surface area contributed by atoms with E-state index < -0.39 is 10.0 Å². The Kier molecular flexibility index (Phi) is 4.62. The first-order valence-corrected chi connectivity index (χ1v) is 8.21. The summed E-state index contributed by atoms with van der Waals surface area (Å²) < 4.78 is 26.5. The zero-order valence-corrected chi connectivity index (χ0v) is 12.6. The molecule has 0 amide bonds. The average molecular weight is 299 g/mol. The van der Waals surface area contributed by atoms with Crippen LogP contribution in [0.5, 0.6) is 0 Å². The fourth-order valence-electron chi connectivity index (χ4n) is 2.40. The van der Waals surface area contributed by atoms with E-state index in [9.17, 15) is 13.5 Å². The molecule has 1 aromatic rings. The van der Waals surface area contributed by atoms with Crippen LogP contribution in [-0.2, 0) is 10.0 Å². The van der Waals surface area contributed by atoms with E-state index in [2.05, 4.69) is 10.3 Å². The van der Waals surface area contributed by atoms with E-state index >= 15 is 0 Å². The molecular weight excluding hydrogens is 278 g/mol. The van der Waals surface area contributed by atoms with Crippen molar-refractivity contribution in [2.24, 2.45) is 5.92 Å². The van der Waals surface area contributed by atoms with Crippen LogP contribution in [0.4, 0.5) is 5.69 Å². The van der Waals surface area contributed by atoms with E-state index in [0.29, 0.717) is 31.6 Å². The molecule has 0 spiro atoms. The maximum Gasteiger partial charge on any atom is 0.246 e. The number of hydrogen-bond acceptors (Lipinski definition) is 5. The lowest BCUT2D eigenvalue weighted by Crippen LogP contribution is -2.39. The number of aromatic nitrogens is 1. The molecule has 1 heterocycles. The number of rotatable bonds is 6. The fourth-order valence-corrected chi connectivity index (χ4v) is 3.76. The summed E-state index contributed by atoms with van der Waals surface area (Å²) in [5.74, 6) is 0.240. The van der Waals surface area contributed by atoms with Gasteiger partial charge in [-0.15, -0.1) is 0 Å². The topological polar surface area (TPSA) is 82.5 Å². The van der Waals surface area contributed by atoms with Crippen LogP contribution < -0.4 is 5.32 Å². The Labute approximate surface area is 119 Å². The summed E-state index contributed by atoms with van der Waals surface area (Å²) in [6.07, 6.45) is 4.02. The highest BCUT2D eigenvalue weighted by atomic mass is 32.2. The molecule has 1 aliphatic rings. The van der Waals surface area contributed by atoms with E-state index in [1.807, 2.05) is 6.92 Å². The predicted molar refractivity (Wildman–Crippen MR) is 76.9 cm³/mol. The number of pyridine rings is 1. The van der Waals surface area contributed by atoms with Crippen LogP contribution in [0.3, 0.4) is 0 Å². The molecule has 0 unspecified atom stereocenters. The molecular formula is C13H21N3O3S. The van der Waals surface area contributed by atoms with Crippen molar-refractivity contribution in [1.82, 2.24) is 9.29 Å². The molecule has 0 aromatic carbocycles. The number of nitrogens with one attached hydrogen (secondary N) is 1. The number of sulfonamides is 1. The third kappa shape index (κ3) is 3.11. The smallest absolute Gasteiger partial charge is 0.246 e. The minimum absolute atomic E-state index is 0.198. The predicted octanol–water partition coefficient (Wildman–Crippen LogP) is 0.905. The molecule has 0 aliphatic heterocycles. The number of hydrogen-bond donors (Lipinski definition) is 2. The van der Waals surface area contributed by atoms with E-state index in [0.717, 1.165) is 0 Å². The van der Waals surface area contributed by atoms with E-state index in [-0.39, 0.29) is 16.9 Å². The number of aliphatic hydroxyl groups is 1. The maximum absolute atomic E-state index is 12.6. The summed E-state index contributed by atoms with van der Waals surface area (Å²) in [6.45, 7) is 2.99. The Morgan fingerprint density at radius 1 is 1.50 bits per heavy atom. The molecule has 0 atom stereocenters. The summed E-state index contributed by atoms with van der Waals surface area (Å²) in [5.41, 5.74) is 0.572. The zero-order chi connectivity index (χ0) is 14.8. The summed E-state index contributed by atoms with van der Waals surface area (Å²) >= 11 is 0. The van der Waals surface area contributed by atoms with Gasteiger partial charge in [0, 0.05) is 32.5 Å². The Morgan fingerprint density at radius 2 is 2.20 bits per heavy atom. The molecule has 1 aromatic heterocycles. The lowest BCUT2D eigenvalue weighted by Gasteiger charge is -2.34. The lowest BCUT2D eigenvalue weighted by molar-refractivity contribution is 0.0367. The maximum atomic E-state index is 12.6. The van der Waals surface area contributed by atoms with Gasteiger partial charge in [0.25, 0.3) is 0 Å². The number of aliphatic hydroxyl groups excluding tert-OH is 1. The fraction of sp³-hybridized carbons (Fsp3) is 0.615. The SMILES string of the molecule is CCNc1ccncc1S(=O)(=O)N(C)CC1CC(O)C1. The first-order chi connectivity index (χ1) is 9.45. The van der Waals surface area contributed by atoms with Crippen LogP contribution in [0.1, 0.15) is 19.8 Å². The summed E-state index contributed by atoms with van der Waals surface area (Å²) in [6, 6.07) is 1.66. The van der Waals surface area contributed by atoms with Gasteiger partial charge in [0.2, 0.25) is 10.0 Å². The quantitative estimate of drug-likeness (QED) is 0.815. The minimum atomic E-state index is -3.55. The van der Waals surface area contributed by atoms with E-state index in [4.69, 9.17) is 0 Å². The van der Waals surface area contributed by atoms with Crippen LogP contribution >= 0.6 is 0 Å². The van der Waals surface area contributed by atoms with Gasteiger partial charge in [0.1, 0.15) is 4.90 Å². The van der Waals surface area contributed by atoms with Gasteiger partial charge in [-0.1, -0.05) is 0 Å². The molecule has 0 radical (unpaired) electrons. The van der Waals surface area contributed by atoms with E-state index in [1.165, 1.54) is 10.5 Å². The molecule has 2 rings (SSSR count). The highest BCUT2D eigenvalue weighted by molar-refractivity contribution is 7.89. The second-order valence-electron chi connectivity index (χ2n) is 5.18. The number of anilines is 1. The normalized spacial score (nSPS) is 22.6. The highest BCUT2D eigenvalue weighted by Crippen LogP contribution is 2.30. The molecule has 6 nitrogen and oxygen atoms in total. The Bertz CT molecular complexity index is 556. The second-order valence-corrected chi connectivity index (χ2v) is 7.19. The summed E-state index contributed by atoms with van der Waals surface area (Å²) in [5, 5.41) is 12.3. The third-order valence-electron chi connectivity index (χ3n) is 3.57. The van der Waals surface area contributed by atoms with Gasteiger partial charge in [0.15, 0.2) is 0 Å². The second kappa shape index (κ2) is 6.07. The van der Waals surface area contributed by atoms with Crippen molar-refractivity contribution in [1.29, 1.82) is 0 Å². The van der Waals surface area contributed by atoms with Gasteiger partial charge < -0.3 is 10.4 Å². The highest BCUT2D eigenvalue weighted by Gasteiger charge is 2.32. The third-order valence-corrected chi connectivity index (χ3v) is 5.42. The summed E-state index contributed by atoms with van der Waals surface area (Å²) in [4.78, 5) is 4.11. The van der Waals surface area contributed by atoms with Crippen molar-refractivity contribution in [3.05, 3.63) is 18.5 Å². The van der Waals surface area contributed by atoms with Crippen LogP contribution in [0.2, 0.25) is 0 Å². The standard InChI is InChI=1S/C13H21N3O3S/c1-3-15-12-4-5-14-8-13(12)20(18,19)16(2)9-10-6-11(17)7-10/h4-5,8,10-11,17H,3,6-7,9H2,1-2H3,(H,14,15). The molecule has 1 saturated carbocycles. The lowest BCUT2D eigenvalue weighted by atomic mass is 9.82. The van der Waals surface area contributed by atoms with Crippen molar-refractivity contribution in [3.63, 3.8) is 0 Å². The van der Waals surface area contributed by atoms with Crippen molar-refractivity contribution in [2.75, 3.05) is 25.5 Å². The van der Waals surface area contributed by atoms with Gasteiger partial charge >= 0.3 is 0 Å². The monoisotopic (exact) mass is 299 g/mol. The van der Waals surface area contributed by atoms with Crippen LogP contribution in [-0.4, -0.2) is 49.1 Å². The largest absolute Gasteiger partial charge is 0.393 e. The first-order valence-electron chi connectivity index (χ1n) is 6.77. The van der Waals surface area contributed by atoms with Gasteiger partial charge in [-0.05, 0) is 31.7 Å². The minimum Gasteiger partial charge on any atom is -0.393 e. The van der Waals surface area contributed by atoms with Gasteiger partial charge in [0.05, 0.1) is 11.8 Å². The molecule has 2 N–H and O–H groups in total. The first kappa shape index (κ1) is 15.2. The van der Waals surface area contributed by atoms with Crippen molar-refractivity contribution in [2.45, 2.75) is 30.8 Å². The van der Waals surface area contributed by atoms with Gasteiger partial charge in [-0.3, -0.25) is 4.98 Å². The van der Waals surface area contributed by atoms with Crippen molar-refractivity contribution >= 4 is 15.7 Å². The summed E-state index contributed by atoms with van der Waals surface area (Å²) in [7, 11) is -1.98. The Morgan fingerprint density at radius 3 is 2.80 bits per heavy atom. The average Bonchev–Trinajstić information content (AvgIpc) is 2.37. The Balaban J connectivity index is 2.16. The molecule has 0 saturated heterocycles. The molecule has 7 heteroatoms. The molecule has 1 fully saturated rings. The zero-order valence-electron chi connectivity index (χ0n) is 11.8. The van der Waals surface area contributed by atoms with Crippen LogP contribution in [0.15, 0.2) is 23.4 Å². The number of nitrogens with zero attached hydrogens (tertiary/aromatic N) is 2. The Hall–Kier alpha value is -1.18. The molecule has 20 heavy (non-hydrogen) atoms. The molecule has 1 aliphatic carbocycles. The van der Waals surface area contributed by atoms with Crippen molar-refractivity contribution < 1.29 is 13.5 Å². The molecule has 0 bridgehead atoms. The van der Waals surface area contributed by atoms with Crippen LogP contribution in [0.25, 0.3) is 0 Å². The van der Waals surface area contributed by atoms with Crippen LogP contribution in [0, 0.1) is 5.92 Å². The van der Waals surface area contributed by atoms with E-state index in [1.54, 1.807) is 19.3 Å². The van der Waals surface area contributed by atoms with Gasteiger partial charge in [-0.25, -0.2) is 12.7 Å². The van der Waals surface area contributed by atoms with Crippen molar-refractivity contribution in [3.8, 4) is 0 Å².